The smallest absolute Gasteiger partial charge is 0.335 e. The normalized spacial score (nSPS) is 29.5. The lowest BCUT2D eigenvalue weighted by molar-refractivity contribution is -0.271. The summed E-state index contributed by atoms with van der Waals surface area (Å²) in [7, 11) is 0. The maximum atomic E-state index is 11.2. The van der Waals surface area contributed by atoms with Crippen LogP contribution in [0.4, 0.5) is 5.69 Å². The van der Waals surface area contributed by atoms with Gasteiger partial charge in [0.15, 0.2) is 6.10 Å². The predicted molar refractivity (Wildman–Crippen MR) is 89.5 cm³/mol. The second kappa shape index (κ2) is 8.01. The van der Waals surface area contributed by atoms with Crippen LogP contribution >= 0.6 is 0 Å². The maximum Gasteiger partial charge on any atom is 0.335 e. The highest BCUT2D eigenvalue weighted by Crippen LogP contribution is 2.31. The second-order valence-electron chi connectivity index (χ2n) is 6.34. The van der Waals surface area contributed by atoms with Crippen LogP contribution in [0, 0.1) is 0 Å². The topological polar surface area (TPSA) is 128 Å². The number of ether oxygens (including phenoxy) is 2. The molecule has 1 aliphatic heterocycles. The Bertz CT molecular complexity index is 607. The highest BCUT2D eigenvalue weighted by molar-refractivity contribution is 5.73. The van der Waals surface area contributed by atoms with E-state index in [1.165, 1.54) is 0 Å². The average Bonchev–Trinajstić information content (AvgIpc) is 2.55. The van der Waals surface area contributed by atoms with Crippen LogP contribution in [0.25, 0.3) is 0 Å². The summed E-state index contributed by atoms with van der Waals surface area (Å²) in [6.45, 7) is 5.92. The first-order valence-electron chi connectivity index (χ1n) is 8.23. The van der Waals surface area contributed by atoms with Crippen molar-refractivity contribution in [3.8, 4) is 5.75 Å². The number of carboxylic acid groups (broad SMARTS) is 1. The van der Waals surface area contributed by atoms with E-state index in [1.807, 2.05) is 32.9 Å². The summed E-state index contributed by atoms with van der Waals surface area (Å²) in [5.74, 6) is -1.10. The third kappa shape index (κ3) is 4.40. The molecule has 1 aromatic carbocycles. The Morgan fingerprint density at radius 2 is 1.92 bits per heavy atom. The van der Waals surface area contributed by atoms with E-state index >= 15 is 0 Å². The summed E-state index contributed by atoms with van der Waals surface area (Å²) in [5, 5.41) is 42.0. The van der Waals surface area contributed by atoms with E-state index in [1.54, 1.807) is 6.07 Å². The van der Waals surface area contributed by atoms with Gasteiger partial charge in [0.25, 0.3) is 0 Å². The van der Waals surface area contributed by atoms with E-state index in [4.69, 9.17) is 14.6 Å². The molecule has 0 amide bonds. The number of benzene rings is 1. The number of aliphatic hydroxyl groups excluding tert-OH is 3. The molecule has 5 atom stereocenters. The quantitative estimate of drug-likeness (QED) is 0.494. The van der Waals surface area contributed by atoms with Crippen molar-refractivity contribution < 1.29 is 34.7 Å². The lowest BCUT2D eigenvalue weighted by atomic mass is 9.99. The van der Waals surface area contributed by atoms with Gasteiger partial charge in [-0.1, -0.05) is 13.0 Å². The minimum atomic E-state index is -1.75. The molecule has 5 N–H and O–H groups in total. The lowest BCUT2D eigenvalue weighted by Crippen LogP contribution is -2.61. The Morgan fingerprint density at radius 3 is 2.48 bits per heavy atom. The van der Waals surface area contributed by atoms with E-state index in [9.17, 15) is 20.1 Å². The molecule has 0 unspecified atom stereocenters. The molecule has 8 nitrogen and oxygen atoms in total. The largest absolute Gasteiger partial charge is 0.479 e. The van der Waals surface area contributed by atoms with Crippen LogP contribution in [-0.2, 0) is 16.0 Å². The van der Waals surface area contributed by atoms with Crippen LogP contribution in [0.1, 0.15) is 26.3 Å². The number of carbonyl (C=O) groups is 1. The number of aliphatic carboxylic acids is 1. The summed E-state index contributed by atoms with van der Waals surface area (Å²) < 4.78 is 10.8. The van der Waals surface area contributed by atoms with Crippen molar-refractivity contribution in [2.75, 3.05) is 5.32 Å². The molecule has 0 radical (unpaired) electrons. The summed E-state index contributed by atoms with van der Waals surface area (Å²) in [6.07, 6.45) is -7.34. The number of carboxylic acids is 1. The third-order valence-corrected chi connectivity index (χ3v) is 3.95. The number of nitrogens with one attached hydrogen (secondary N) is 1. The number of hydrogen-bond donors (Lipinski definition) is 5. The molecule has 8 heteroatoms. The Balaban J connectivity index is 2.26. The predicted octanol–water partition coefficient (Wildman–Crippen LogP) is 0.340. The van der Waals surface area contributed by atoms with Crippen LogP contribution in [0.5, 0.6) is 5.75 Å². The van der Waals surface area contributed by atoms with Crippen LogP contribution in [0.3, 0.4) is 0 Å². The van der Waals surface area contributed by atoms with Crippen molar-refractivity contribution in [1.29, 1.82) is 0 Å². The van der Waals surface area contributed by atoms with Crippen LogP contribution in [0.15, 0.2) is 18.2 Å². The van der Waals surface area contributed by atoms with Gasteiger partial charge >= 0.3 is 5.97 Å². The van der Waals surface area contributed by atoms with E-state index in [-0.39, 0.29) is 6.04 Å². The summed E-state index contributed by atoms with van der Waals surface area (Å²) in [4.78, 5) is 11.2. The Labute approximate surface area is 146 Å². The van der Waals surface area contributed by atoms with Gasteiger partial charge in [-0.2, -0.15) is 0 Å². The van der Waals surface area contributed by atoms with E-state index in [0.717, 1.165) is 12.0 Å². The van der Waals surface area contributed by atoms with Gasteiger partial charge in [0.05, 0.1) is 5.69 Å². The molecular formula is C17H25NO7. The second-order valence-corrected chi connectivity index (χ2v) is 6.34. The minimum absolute atomic E-state index is 0.117. The van der Waals surface area contributed by atoms with Crippen LogP contribution < -0.4 is 10.1 Å². The zero-order valence-electron chi connectivity index (χ0n) is 14.4. The van der Waals surface area contributed by atoms with Crippen LogP contribution in [-0.4, -0.2) is 63.1 Å². The molecule has 1 fully saturated rings. The molecular weight excluding hydrogens is 330 g/mol. The van der Waals surface area contributed by atoms with E-state index < -0.39 is 36.7 Å². The SMILES string of the molecule is CCc1ccc(O[C@@H]2O[C@H](C(=O)O)[C@@H](O)[C@H](O)[C@H]2O)c(NC(C)C)c1. The average molecular weight is 355 g/mol. The minimum Gasteiger partial charge on any atom is -0.479 e. The first-order chi connectivity index (χ1) is 11.7. The third-order valence-electron chi connectivity index (χ3n) is 3.95. The molecule has 25 heavy (non-hydrogen) atoms. The monoisotopic (exact) mass is 355 g/mol. The number of rotatable bonds is 6. The zero-order valence-corrected chi connectivity index (χ0v) is 14.4. The molecule has 140 valence electrons. The fourth-order valence-electron chi connectivity index (χ4n) is 2.60. The maximum absolute atomic E-state index is 11.2. The molecule has 2 rings (SSSR count). The highest BCUT2D eigenvalue weighted by Gasteiger charge is 2.48. The fraction of sp³-hybridized carbons (Fsp3) is 0.588. The first kappa shape index (κ1) is 19.5. The van der Waals surface area contributed by atoms with Crippen molar-refractivity contribution in [3.05, 3.63) is 23.8 Å². The zero-order chi connectivity index (χ0) is 18.7. The van der Waals surface area contributed by atoms with Gasteiger partial charge in [-0.05, 0) is 38.0 Å². The van der Waals surface area contributed by atoms with Crippen molar-refractivity contribution in [2.45, 2.75) is 63.9 Å². The molecule has 1 heterocycles. The molecule has 1 aliphatic rings. The van der Waals surface area contributed by atoms with E-state index in [2.05, 4.69) is 5.32 Å². The van der Waals surface area contributed by atoms with Crippen LogP contribution in [0.2, 0.25) is 0 Å². The van der Waals surface area contributed by atoms with Gasteiger partial charge in [0.1, 0.15) is 24.1 Å². The van der Waals surface area contributed by atoms with Gasteiger partial charge < -0.3 is 35.2 Å². The number of aliphatic hydroxyl groups is 3. The molecule has 0 aromatic heterocycles. The van der Waals surface area contributed by atoms with Crippen molar-refractivity contribution in [2.24, 2.45) is 0 Å². The molecule has 1 aromatic rings. The van der Waals surface area contributed by atoms with Gasteiger partial charge in [0, 0.05) is 6.04 Å². The number of anilines is 1. The highest BCUT2D eigenvalue weighted by atomic mass is 16.7. The van der Waals surface area contributed by atoms with Gasteiger partial charge in [-0.25, -0.2) is 4.79 Å². The molecule has 0 aliphatic carbocycles. The van der Waals surface area contributed by atoms with Crippen molar-refractivity contribution >= 4 is 11.7 Å². The summed E-state index contributed by atoms with van der Waals surface area (Å²) >= 11 is 0. The molecule has 0 bridgehead atoms. The van der Waals surface area contributed by atoms with E-state index in [0.29, 0.717) is 11.4 Å². The van der Waals surface area contributed by atoms with Gasteiger partial charge in [-0.3, -0.25) is 0 Å². The molecule has 0 spiro atoms. The Kier molecular flexibility index (Phi) is 6.23. The number of hydrogen-bond acceptors (Lipinski definition) is 7. The number of aryl methyl sites for hydroxylation is 1. The van der Waals surface area contributed by atoms with Crippen molar-refractivity contribution in [3.63, 3.8) is 0 Å². The lowest BCUT2D eigenvalue weighted by Gasteiger charge is -2.38. The Morgan fingerprint density at radius 1 is 1.24 bits per heavy atom. The summed E-state index contributed by atoms with van der Waals surface area (Å²) in [5.41, 5.74) is 1.73. The Hall–Kier alpha value is -1.87. The first-order valence-corrected chi connectivity index (χ1v) is 8.23. The standard InChI is InChI=1S/C17H25NO7/c1-4-9-5-6-11(10(7-9)18-8(2)3)24-17-14(21)12(19)13(20)15(25-17)16(22)23/h5-8,12-15,17-21H,4H2,1-3H3,(H,22,23)/t12-,13-,14+,15-,17+/m0/s1. The van der Waals surface area contributed by atoms with Gasteiger partial charge in [-0.15, -0.1) is 0 Å². The molecule has 1 saturated heterocycles. The van der Waals surface area contributed by atoms with Crippen molar-refractivity contribution in [1.82, 2.24) is 0 Å². The van der Waals surface area contributed by atoms with Gasteiger partial charge in [0.2, 0.25) is 6.29 Å². The fourth-order valence-corrected chi connectivity index (χ4v) is 2.60. The molecule has 0 saturated carbocycles. The summed E-state index contributed by atoms with van der Waals surface area (Å²) in [6, 6.07) is 5.54.